The van der Waals surface area contributed by atoms with E-state index in [1.165, 1.54) is 20.1 Å². The van der Waals surface area contributed by atoms with Crippen molar-refractivity contribution >= 4 is 33.4 Å². The SMILES string of the molecule is COc1ccc2c(c1)OCCNC(=O)CN(S(=O)(=O)c1ccc3c(c1)CCCN3C(C)=O)CCCNC2=O. The van der Waals surface area contributed by atoms with E-state index in [-0.39, 0.29) is 55.9 Å². The molecule has 4 rings (SSSR count). The van der Waals surface area contributed by atoms with Gasteiger partial charge in [-0.1, -0.05) is 0 Å². The number of amides is 3. The van der Waals surface area contributed by atoms with Crippen molar-refractivity contribution < 1.29 is 32.3 Å². The van der Waals surface area contributed by atoms with Gasteiger partial charge < -0.3 is 25.0 Å². The second-order valence-electron chi connectivity index (χ2n) is 9.07. The normalized spacial score (nSPS) is 17.7. The standard InChI is InChI=1S/C26H32N4O7S/c1-18(31)30-13-3-5-19-15-21(7-9-23(19)30)38(34,35)29-12-4-10-28-26(33)22-8-6-20(36-2)16-24(22)37-14-11-27-25(32)17-29/h6-9,15-16H,3-5,10-14,17H2,1-2H3,(H,27,32)(H,28,33). The van der Waals surface area contributed by atoms with Gasteiger partial charge in [0.05, 0.1) is 30.7 Å². The predicted octanol–water partition coefficient (Wildman–Crippen LogP) is 1.31. The summed E-state index contributed by atoms with van der Waals surface area (Å²) in [5.41, 5.74) is 1.80. The summed E-state index contributed by atoms with van der Waals surface area (Å²) in [7, 11) is -2.52. The fraction of sp³-hybridized carbons (Fsp3) is 0.423. The summed E-state index contributed by atoms with van der Waals surface area (Å²) < 4.78 is 39.3. The molecule has 2 aromatic carbocycles. The molecule has 2 N–H and O–H groups in total. The van der Waals surface area contributed by atoms with E-state index in [4.69, 9.17) is 9.47 Å². The molecule has 0 unspecified atom stereocenters. The predicted molar refractivity (Wildman–Crippen MR) is 140 cm³/mol. The minimum absolute atomic E-state index is 0.0264. The molecule has 0 atom stereocenters. The smallest absolute Gasteiger partial charge is 0.255 e. The molecule has 2 aromatic rings. The topological polar surface area (TPSA) is 134 Å². The van der Waals surface area contributed by atoms with Crippen LogP contribution in [0, 0.1) is 0 Å². The van der Waals surface area contributed by atoms with Gasteiger partial charge >= 0.3 is 0 Å². The van der Waals surface area contributed by atoms with Crippen LogP contribution in [0.3, 0.4) is 0 Å². The molecular weight excluding hydrogens is 512 g/mol. The Kier molecular flexibility index (Phi) is 8.52. The van der Waals surface area contributed by atoms with Gasteiger partial charge in [0.2, 0.25) is 21.8 Å². The fourth-order valence-corrected chi connectivity index (χ4v) is 6.04. The molecule has 0 radical (unpaired) electrons. The zero-order valence-corrected chi connectivity index (χ0v) is 22.3. The first-order chi connectivity index (χ1) is 18.2. The molecule has 0 bridgehead atoms. The average Bonchev–Trinajstić information content (AvgIpc) is 2.91. The molecule has 38 heavy (non-hydrogen) atoms. The molecule has 0 aromatic heterocycles. The fourth-order valence-electron chi connectivity index (χ4n) is 4.55. The van der Waals surface area contributed by atoms with E-state index in [1.807, 2.05) is 0 Å². The summed E-state index contributed by atoms with van der Waals surface area (Å²) in [6.45, 7) is 2.10. The van der Waals surface area contributed by atoms with Crippen LogP contribution < -0.4 is 25.0 Å². The number of carbonyl (C=O) groups excluding carboxylic acids is 3. The van der Waals surface area contributed by atoms with E-state index < -0.39 is 15.9 Å². The van der Waals surface area contributed by atoms with Gasteiger partial charge in [0.15, 0.2) is 0 Å². The Morgan fingerprint density at radius 2 is 1.84 bits per heavy atom. The molecule has 0 fully saturated rings. The van der Waals surface area contributed by atoms with Crippen molar-refractivity contribution in [3.8, 4) is 11.5 Å². The number of aryl methyl sites for hydroxylation is 1. The lowest BCUT2D eigenvalue weighted by atomic mass is 10.0. The van der Waals surface area contributed by atoms with Gasteiger partial charge in [-0.2, -0.15) is 4.31 Å². The van der Waals surface area contributed by atoms with E-state index in [1.54, 1.807) is 35.2 Å². The van der Waals surface area contributed by atoms with Gasteiger partial charge in [0.1, 0.15) is 18.1 Å². The van der Waals surface area contributed by atoms with Crippen LogP contribution in [0.5, 0.6) is 11.5 Å². The number of methoxy groups -OCH3 is 1. The monoisotopic (exact) mass is 544 g/mol. The van der Waals surface area contributed by atoms with Crippen molar-refractivity contribution in [2.45, 2.75) is 31.1 Å². The van der Waals surface area contributed by atoms with Crippen LogP contribution in [-0.4, -0.2) is 76.9 Å². The molecule has 204 valence electrons. The second kappa shape index (κ2) is 11.8. The molecule has 3 amide bonds. The zero-order valence-electron chi connectivity index (χ0n) is 21.5. The van der Waals surface area contributed by atoms with Crippen LogP contribution in [0.2, 0.25) is 0 Å². The third kappa shape index (κ3) is 6.08. The number of nitrogens with one attached hydrogen (secondary N) is 2. The van der Waals surface area contributed by atoms with E-state index in [2.05, 4.69) is 10.6 Å². The average molecular weight is 545 g/mol. The minimum Gasteiger partial charge on any atom is -0.497 e. The lowest BCUT2D eigenvalue weighted by Crippen LogP contribution is -2.43. The first-order valence-corrected chi connectivity index (χ1v) is 13.9. The first-order valence-electron chi connectivity index (χ1n) is 12.5. The van der Waals surface area contributed by atoms with E-state index in [0.717, 1.165) is 16.3 Å². The molecule has 0 spiro atoms. The summed E-state index contributed by atoms with van der Waals surface area (Å²) in [6, 6.07) is 9.55. The van der Waals surface area contributed by atoms with Gasteiger partial charge in [-0.25, -0.2) is 8.42 Å². The highest BCUT2D eigenvalue weighted by Gasteiger charge is 2.29. The van der Waals surface area contributed by atoms with Crippen LogP contribution in [0.25, 0.3) is 0 Å². The highest BCUT2D eigenvalue weighted by molar-refractivity contribution is 7.89. The van der Waals surface area contributed by atoms with Crippen LogP contribution >= 0.6 is 0 Å². The second-order valence-corrected chi connectivity index (χ2v) is 11.0. The van der Waals surface area contributed by atoms with Crippen molar-refractivity contribution in [3.05, 3.63) is 47.5 Å². The molecule has 2 heterocycles. The Morgan fingerprint density at radius 1 is 1.03 bits per heavy atom. The number of benzene rings is 2. The van der Waals surface area contributed by atoms with Gasteiger partial charge in [-0.05, 0) is 55.2 Å². The number of sulfonamides is 1. The van der Waals surface area contributed by atoms with Crippen molar-refractivity contribution in [2.75, 3.05) is 51.3 Å². The lowest BCUT2D eigenvalue weighted by molar-refractivity contribution is -0.121. The lowest BCUT2D eigenvalue weighted by Gasteiger charge is -2.29. The molecule has 2 aliphatic rings. The van der Waals surface area contributed by atoms with Crippen LogP contribution in [0.4, 0.5) is 5.69 Å². The quantitative estimate of drug-likeness (QED) is 0.595. The molecule has 0 saturated heterocycles. The Morgan fingerprint density at radius 3 is 2.61 bits per heavy atom. The van der Waals surface area contributed by atoms with Crippen molar-refractivity contribution in [1.82, 2.24) is 14.9 Å². The van der Waals surface area contributed by atoms with Gasteiger partial charge in [-0.15, -0.1) is 0 Å². The van der Waals surface area contributed by atoms with E-state index in [9.17, 15) is 22.8 Å². The van der Waals surface area contributed by atoms with Crippen LogP contribution in [0.15, 0.2) is 41.3 Å². The molecule has 0 saturated carbocycles. The van der Waals surface area contributed by atoms with Crippen molar-refractivity contribution in [1.29, 1.82) is 0 Å². The number of nitrogens with zero attached hydrogens (tertiary/aromatic N) is 2. The number of carbonyl (C=O) groups is 3. The zero-order chi connectivity index (χ0) is 27.3. The van der Waals surface area contributed by atoms with Gasteiger partial charge in [0.25, 0.3) is 5.91 Å². The molecule has 0 aliphatic carbocycles. The highest BCUT2D eigenvalue weighted by Crippen LogP contribution is 2.31. The summed E-state index contributed by atoms with van der Waals surface area (Å²) in [4.78, 5) is 39.2. The Balaban J connectivity index is 1.54. The maximum Gasteiger partial charge on any atom is 0.255 e. The Bertz CT molecular complexity index is 1330. The minimum atomic E-state index is -4.03. The third-order valence-electron chi connectivity index (χ3n) is 6.49. The summed E-state index contributed by atoms with van der Waals surface area (Å²) in [6.07, 6.45) is 1.68. The number of anilines is 1. The maximum atomic E-state index is 13.6. The van der Waals surface area contributed by atoms with Crippen LogP contribution in [-0.2, 0) is 26.0 Å². The molecule has 11 nitrogen and oxygen atoms in total. The largest absolute Gasteiger partial charge is 0.497 e. The summed E-state index contributed by atoms with van der Waals surface area (Å²) in [5, 5.41) is 5.47. The summed E-state index contributed by atoms with van der Waals surface area (Å²) >= 11 is 0. The Labute approximate surface area is 222 Å². The van der Waals surface area contributed by atoms with Crippen molar-refractivity contribution in [2.24, 2.45) is 0 Å². The number of ether oxygens (including phenoxy) is 2. The van der Waals surface area contributed by atoms with E-state index in [0.29, 0.717) is 35.7 Å². The number of hydrogen-bond donors (Lipinski definition) is 2. The first kappa shape index (κ1) is 27.4. The van der Waals surface area contributed by atoms with Gasteiger partial charge in [-0.3, -0.25) is 14.4 Å². The maximum absolute atomic E-state index is 13.6. The van der Waals surface area contributed by atoms with E-state index >= 15 is 0 Å². The third-order valence-corrected chi connectivity index (χ3v) is 8.33. The number of fused-ring (bicyclic) bond motifs is 2. The highest BCUT2D eigenvalue weighted by atomic mass is 32.2. The van der Waals surface area contributed by atoms with Crippen LogP contribution in [0.1, 0.15) is 35.7 Å². The number of rotatable bonds is 3. The number of hydrogen-bond acceptors (Lipinski definition) is 7. The Hall–Kier alpha value is -3.64. The molecular formula is C26H32N4O7S. The molecule has 2 aliphatic heterocycles. The molecule has 12 heteroatoms. The summed E-state index contributed by atoms with van der Waals surface area (Å²) in [5.74, 6) is -0.0691. The van der Waals surface area contributed by atoms with Gasteiger partial charge in [0, 0.05) is 38.3 Å². The van der Waals surface area contributed by atoms with Crippen molar-refractivity contribution in [3.63, 3.8) is 0 Å².